The summed E-state index contributed by atoms with van der Waals surface area (Å²) in [4.78, 5) is 34.6. The second-order valence-electron chi connectivity index (χ2n) is 9.90. The number of nitrogens with zero attached hydrogens (tertiary/aromatic N) is 4. The number of urea groups is 1. The van der Waals surface area contributed by atoms with Crippen LogP contribution in [-0.2, 0) is 6.18 Å². The molecule has 2 aliphatic heterocycles. The molecule has 4 heterocycles. The van der Waals surface area contributed by atoms with E-state index in [1.807, 2.05) is 6.92 Å². The molecular formula is C27H31F4N7O3. The number of anilines is 4. The Kier molecular flexibility index (Phi) is 9.30. The summed E-state index contributed by atoms with van der Waals surface area (Å²) in [7, 11) is 0. The van der Waals surface area contributed by atoms with Crippen molar-refractivity contribution in [1.82, 2.24) is 14.9 Å². The third kappa shape index (κ3) is 7.86. The number of amides is 3. The van der Waals surface area contributed by atoms with Gasteiger partial charge in [-0.05, 0) is 55.9 Å². The molecule has 0 saturated carbocycles. The molecule has 2 aromatic heterocycles. The molecule has 14 heteroatoms. The summed E-state index contributed by atoms with van der Waals surface area (Å²) < 4.78 is 58.4. The monoisotopic (exact) mass is 577 g/mol. The Morgan fingerprint density at radius 3 is 2.41 bits per heavy atom. The van der Waals surface area contributed by atoms with Crippen LogP contribution in [0, 0.1) is 11.7 Å². The Morgan fingerprint density at radius 1 is 1.05 bits per heavy atom. The van der Waals surface area contributed by atoms with E-state index >= 15 is 0 Å². The molecule has 0 bridgehead atoms. The Bertz CT molecular complexity index is 1340. The second kappa shape index (κ2) is 12.9. The van der Waals surface area contributed by atoms with Crippen LogP contribution in [0.1, 0.15) is 48.9 Å². The minimum Gasteiger partial charge on any atom is -0.417 e. The van der Waals surface area contributed by atoms with E-state index in [9.17, 15) is 27.2 Å². The summed E-state index contributed by atoms with van der Waals surface area (Å²) in [6, 6.07) is 8.63. The van der Waals surface area contributed by atoms with E-state index in [-0.39, 0.29) is 29.2 Å². The van der Waals surface area contributed by atoms with Crippen molar-refractivity contribution >= 4 is 35.1 Å². The number of para-hydroxylation sites is 1. The van der Waals surface area contributed by atoms with E-state index in [0.29, 0.717) is 19.0 Å². The Labute approximate surface area is 233 Å². The molecule has 0 aliphatic carbocycles. The number of halogens is 4. The number of oxazole rings is 1. The van der Waals surface area contributed by atoms with Gasteiger partial charge in [0.2, 0.25) is 5.76 Å². The lowest BCUT2D eigenvalue weighted by molar-refractivity contribution is -0.141. The average molecular weight is 578 g/mol. The molecule has 220 valence electrons. The van der Waals surface area contributed by atoms with Gasteiger partial charge in [0.25, 0.3) is 11.9 Å². The van der Waals surface area contributed by atoms with Gasteiger partial charge in [-0.25, -0.2) is 14.2 Å². The number of rotatable bonds is 4. The number of nitrogen functional groups attached to an aromatic ring is 1. The molecule has 3 amide bonds. The number of alkyl halides is 3. The van der Waals surface area contributed by atoms with Crippen LogP contribution in [0.15, 0.2) is 47.0 Å². The number of carbonyl (C=O) groups excluding carboxylic acids is 2. The van der Waals surface area contributed by atoms with E-state index in [2.05, 4.69) is 20.6 Å². The van der Waals surface area contributed by atoms with Gasteiger partial charge < -0.3 is 30.6 Å². The lowest BCUT2D eigenvalue weighted by Crippen LogP contribution is -2.34. The van der Waals surface area contributed by atoms with E-state index in [0.717, 1.165) is 38.8 Å². The molecule has 41 heavy (non-hydrogen) atoms. The van der Waals surface area contributed by atoms with Crippen LogP contribution in [0.3, 0.4) is 0 Å². The standard InChI is InChI=1S/C16H18F3N5O2.C11H13FN2O/c1-9-3-2-6-24(8-9)15-23-13(16(17,18)19)12(26-15)14(25)22-10-4-5-11(20)21-7-10;12-9-5-1-2-6-10(9)13-11(15)14-7-3-4-8-14/h4-5,7,9H,2-3,6,8H2,1H3,(H2,20,21)(H,22,25);1-2,5-6H,3-4,7-8H2,(H,13,15). The summed E-state index contributed by atoms with van der Waals surface area (Å²) in [6.07, 6.45) is 0.305. The number of pyridine rings is 1. The van der Waals surface area contributed by atoms with Crippen LogP contribution in [0.4, 0.5) is 45.6 Å². The number of hydrogen-bond acceptors (Lipinski definition) is 7. The van der Waals surface area contributed by atoms with Crippen molar-refractivity contribution in [3.05, 3.63) is 59.9 Å². The second-order valence-corrected chi connectivity index (χ2v) is 9.90. The van der Waals surface area contributed by atoms with Gasteiger partial charge in [-0.2, -0.15) is 18.2 Å². The fourth-order valence-corrected chi connectivity index (χ4v) is 4.50. The molecule has 3 aromatic rings. The third-order valence-corrected chi connectivity index (χ3v) is 6.57. The molecule has 2 fully saturated rings. The first-order valence-electron chi connectivity index (χ1n) is 13.2. The minimum atomic E-state index is -4.81. The number of piperidine rings is 1. The van der Waals surface area contributed by atoms with Gasteiger partial charge in [-0.15, -0.1) is 0 Å². The normalized spacial score (nSPS) is 17.0. The molecule has 1 atom stereocenters. The molecule has 0 radical (unpaired) electrons. The molecule has 2 aliphatic rings. The van der Waals surface area contributed by atoms with Gasteiger partial charge in [-0.1, -0.05) is 19.1 Å². The first-order valence-corrected chi connectivity index (χ1v) is 13.2. The predicted molar refractivity (Wildman–Crippen MR) is 145 cm³/mol. The Hall–Kier alpha value is -4.36. The molecular weight excluding hydrogens is 546 g/mol. The zero-order valence-electron chi connectivity index (χ0n) is 22.4. The summed E-state index contributed by atoms with van der Waals surface area (Å²) in [5, 5.41) is 4.88. The number of likely N-dealkylation sites (tertiary alicyclic amines) is 1. The van der Waals surface area contributed by atoms with Crippen molar-refractivity contribution in [3.63, 3.8) is 0 Å². The van der Waals surface area contributed by atoms with Gasteiger partial charge in [-0.3, -0.25) is 4.79 Å². The average Bonchev–Trinajstić information content (AvgIpc) is 3.63. The van der Waals surface area contributed by atoms with Crippen LogP contribution in [0.25, 0.3) is 0 Å². The van der Waals surface area contributed by atoms with Gasteiger partial charge >= 0.3 is 12.2 Å². The molecule has 0 spiro atoms. The van der Waals surface area contributed by atoms with Crippen molar-refractivity contribution in [2.75, 3.05) is 47.4 Å². The molecule has 1 unspecified atom stereocenters. The predicted octanol–water partition coefficient (Wildman–Crippen LogP) is 5.61. The number of aromatic nitrogens is 2. The Morgan fingerprint density at radius 2 is 1.78 bits per heavy atom. The minimum absolute atomic E-state index is 0.190. The maximum absolute atomic E-state index is 13.3. The van der Waals surface area contributed by atoms with Crippen LogP contribution in [-0.4, -0.2) is 53.0 Å². The molecule has 2 saturated heterocycles. The SMILES string of the molecule is CC1CCCN(c2nc(C(F)(F)F)c(C(=O)Nc3ccc(N)nc3)o2)C1.O=C(Nc1ccccc1F)N1CCCC1. The highest BCUT2D eigenvalue weighted by Gasteiger charge is 2.42. The summed E-state index contributed by atoms with van der Waals surface area (Å²) >= 11 is 0. The van der Waals surface area contributed by atoms with Crippen molar-refractivity contribution < 1.29 is 31.6 Å². The largest absolute Gasteiger partial charge is 0.437 e. The molecule has 4 N–H and O–H groups in total. The first-order chi connectivity index (χ1) is 19.5. The van der Waals surface area contributed by atoms with Crippen LogP contribution in [0.5, 0.6) is 0 Å². The fourth-order valence-electron chi connectivity index (χ4n) is 4.50. The van der Waals surface area contributed by atoms with Gasteiger partial charge in [0.05, 0.1) is 17.6 Å². The number of carbonyl (C=O) groups is 2. The number of hydrogen-bond donors (Lipinski definition) is 3. The summed E-state index contributed by atoms with van der Waals surface area (Å²) in [5.41, 5.74) is 4.54. The number of nitrogens with two attached hydrogens (primary N) is 1. The van der Waals surface area contributed by atoms with Gasteiger partial charge in [0.1, 0.15) is 11.6 Å². The van der Waals surface area contributed by atoms with Crippen molar-refractivity contribution in [2.24, 2.45) is 5.92 Å². The van der Waals surface area contributed by atoms with Crippen LogP contribution >= 0.6 is 0 Å². The van der Waals surface area contributed by atoms with E-state index in [4.69, 9.17) is 10.2 Å². The summed E-state index contributed by atoms with van der Waals surface area (Å²) in [6.45, 7) is 4.59. The molecule has 10 nitrogen and oxygen atoms in total. The maximum atomic E-state index is 13.3. The zero-order valence-corrected chi connectivity index (χ0v) is 22.4. The number of benzene rings is 1. The third-order valence-electron chi connectivity index (χ3n) is 6.57. The van der Waals surface area contributed by atoms with E-state index in [1.54, 1.807) is 28.0 Å². The zero-order chi connectivity index (χ0) is 29.6. The van der Waals surface area contributed by atoms with Gasteiger partial charge in [0, 0.05) is 26.2 Å². The van der Waals surface area contributed by atoms with Crippen LogP contribution < -0.4 is 21.3 Å². The van der Waals surface area contributed by atoms with E-state index in [1.165, 1.54) is 24.4 Å². The lowest BCUT2D eigenvalue weighted by Gasteiger charge is -2.29. The highest BCUT2D eigenvalue weighted by molar-refractivity contribution is 6.03. The molecule has 1 aromatic carbocycles. The maximum Gasteiger partial charge on any atom is 0.437 e. The highest BCUT2D eigenvalue weighted by Crippen LogP contribution is 2.35. The first kappa shape index (κ1) is 29.6. The number of nitrogens with one attached hydrogen (secondary N) is 2. The summed E-state index contributed by atoms with van der Waals surface area (Å²) in [5.74, 6) is -1.79. The lowest BCUT2D eigenvalue weighted by atomic mass is 10.0. The van der Waals surface area contributed by atoms with Crippen molar-refractivity contribution in [2.45, 2.75) is 38.8 Å². The smallest absolute Gasteiger partial charge is 0.417 e. The van der Waals surface area contributed by atoms with Gasteiger partial charge in [0.15, 0.2) is 5.69 Å². The topological polar surface area (TPSA) is 130 Å². The van der Waals surface area contributed by atoms with Crippen molar-refractivity contribution in [3.8, 4) is 0 Å². The van der Waals surface area contributed by atoms with E-state index < -0.39 is 29.4 Å². The quantitative estimate of drug-likeness (QED) is 0.344. The Balaban J connectivity index is 0.000000218. The highest BCUT2D eigenvalue weighted by atomic mass is 19.4. The van der Waals surface area contributed by atoms with Crippen molar-refractivity contribution in [1.29, 1.82) is 0 Å². The molecule has 5 rings (SSSR count). The van der Waals surface area contributed by atoms with Crippen LogP contribution in [0.2, 0.25) is 0 Å². The fraction of sp³-hybridized carbons (Fsp3) is 0.407.